The summed E-state index contributed by atoms with van der Waals surface area (Å²) in [6.45, 7) is 3.88. The van der Waals surface area contributed by atoms with Crippen LogP contribution in [0, 0.1) is 24.0 Å². The fourth-order valence-corrected chi connectivity index (χ4v) is 5.74. The second-order valence-electron chi connectivity index (χ2n) is 9.72. The third kappa shape index (κ3) is 5.72. The van der Waals surface area contributed by atoms with Crippen LogP contribution < -0.4 is 9.64 Å². The molecule has 1 saturated heterocycles. The molecular weight excluding hydrogens is 574 g/mol. The lowest BCUT2D eigenvalue weighted by atomic mass is 9.95. The minimum absolute atomic E-state index is 0.0299. The molecule has 11 nitrogen and oxygen atoms in total. The Hall–Kier alpha value is -5.36. The number of nitro benzene ring substituents is 1. The van der Waals surface area contributed by atoms with E-state index in [1.165, 1.54) is 31.4 Å². The molecule has 0 spiro atoms. The molecule has 5 rings (SSSR count). The Morgan fingerprint density at radius 1 is 1.07 bits per heavy atom. The zero-order valence-electron chi connectivity index (χ0n) is 23.3. The third-order valence-corrected chi connectivity index (χ3v) is 7.98. The number of methoxy groups -OCH3 is 1. The number of aliphatic hydroxyl groups excluding tert-OH is 1. The highest BCUT2D eigenvalue weighted by molar-refractivity contribution is 7.17. The van der Waals surface area contributed by atoms with Crippen LogP contribution in [0.1, 0.15) is 43.7 Å². The zero-order valence-corrected chi connectivity index (χ0v) is 24.1. The number of nitrogens with zero attached hydrogens (tertiary/aromatic N) is 3. The van der Waals surface area contributed by atoms with Crippen LogP contribution >= 0.6 is 11.3 Å². The second-order valence-corrected chi connectivity index (χ2v) is 10.7. The van der Waals surface area contributed by atoms with Crippen molar-refractivity contribution in [1.82, 2.24) is 4.98 Å². The van der Waals surface area contributed by atoms with E-state index in [0.29, 0.717) is 17.9 Å². The number of non-ortho nitro benzene ring substituents is 1. The summed E-state index contributed by atoms with van der Waals surface area (Å²) in [7, 11) is 1.21. The SMILES string of the molecule is COC(=O)c1sc(N2C(=O)C(=O)C(=C(O)c3ccc(OCc4cccc(C)c4)cc3)C2c2ccc([N+](=O)[O-])cc2)nc1C. The number of hydrogen-bond acceptors (Lipinski definition) is 10. The molecule has 1 N–H and O–H groups in total. The van der Waals surface area contributed by atoms with Gasteiger partial charge < -0.3 is 14.6 Å². The molecule has 0 radical (unpaired) electrons. The molecule has 43 heavy (non-hydrogen) atoms. The van der Waals surface area contributed by atoms with Gasteiger partial charge in [-0.1, -0.05) is 41.2 Å². The van der Waals surface area contributed by atoms with Crippen molar-refractivity contribution in [3.05, 3.63) is 121 Å². The molecule has 4 aromatic rings. The maximum absolute atomic E-state index is 13.4. The van der Waals surface area contributed by atoms with Gasteiger partial charge in [-0.05, 0) is 61.4 Å². The lowest BCUT2D eigenvalue weighted by molar-refractivity contribution is -0.384. The summed E-state index contributed by atoms with van der Waals surface area (Å²) in [6, 6.07) is 18.4. The summed E-state index contributed by atoms with van der Waals surface area (Å²) in [6.07, 6.45) is 0. The molecule has 1 aromatic heterocycles. The molecule has 1 fully saturated rings. The van der Waals surface area contributed by atoms with Crippen molar-refractivity contribution < 1.29 is 33.9 Å². The van der Waals surface area contributed by atoms with Crippen molar-refractivity contribution in [2.45, 2.75) is 26.5 Å². The average molecular weight is 600 g/mol. The summed E-state index contributed by atoms with van der Waals surface area (Å²) in [5.41, 5.74) is 2.52. The predicted molar refractivity (Wildman–Crippen MR) is 158 cm³/mol. The maximum Gasteiger partial charge on any atom is 0.350 e. The molecule has 1 unspecified atom stereocenters. The van der Waals surface area contributed by atoms with Gasteiger partial charge in [-0.15, -0.1) is 0 Å². The smallest absolute Gasteiger partial charge is 0.350 e. The van der Waals surface area contributed by atoms with E-state index >= 15 is 0 Å². The lowest BCUT2D eigenvalue weighted by Crippen LogP contribution is -2.29. The Labute approximate surface area is 249 Å². The molecule has 1 aliphatic rings. The molecule has 0 bridgehead atoms. The maximum atomic E-state index is 13.4. The Morgan fingerprint density at radius 3 is 2.40 bits per heavy atom. The quantitative estimate of drug-likeness (QED) is 0.0676. The summed E-state index contributed by atoms with van der Waals surface area (Å²) >= 11 is 0.856. The fourth-order valence-electron chi connectivity index (χ4n) is 4.72. The number of ketones is 1. The van der Waals surface area contributed by atoms with Gasteiger partial charge in [0.05, 0.1) is 29.3 Å². The number of nitro groups is 1. The highest BCUT2D eigenvalue weighted by Gasteiger charge is 2.48. The number of Topliss-reactive ketones (excluding diaryl/α,β-unsaturated/α-hetero) is 1. The minimum Gasteiger partial charge on any atom is -0.507 e. The van der Waals surface area contributed by atoms with Crippen LogP contribution in [0.2, 0.25) is 0 Å². The summed E-state index contributed by atoms with van der Waals surface area (Å²) < 4.78 is 10.7. The Morgan fingerprint density at radius 2 is 1.77 bits per heavy atom. The number of aryl methyl sites for hydroxylation is 2. The first-order valence-corrected chi connectivity index (χ1v) is 13.8. The third-order valence-electron chi connectivity index (χ3n) is 6.84. The molecule has 0 saturated carbocycles. The highest BCUT2D eigenvalue weighted by Crippen LogP contribution is 2.44. The van der Waals surface area contributed by atoms with Crippen molar-refractivity contribution in [3.8, 4) is 5.75 Å². The van der Waals surface area contributed by atoms with Crippen molar-refractivity contribution in [3.63, 3.8) is 0 Å². The van der Waals surface area contributed by atoms with Crippen LogP contribution in [0.3, 0.4) is 0 Å². The minimum atomic E-state index is -1.19. The van der Waals surface area contributed by atoms with Gasteiger partial charge in [-0.25, -0.2) is 9.78 Å². The number of esters is 1. The topological polar surface area (TPSA) is 149 Å². The van der Waals surface area contributed by atoms with E-state index in [0.717, 1.165) is 27.4 Å². The standard InChI is InChI=1S/C31H25N3O8S/c1-17-5-4-6-19(15-17)16-42-23-13-9-21(10-14-23)26(35)24-25(20-7-11-22(12-8-20)34(39)40)33(29(37)27(24)36)31-32-18(2)28(43-31)30(38)41-3/h4-15,25,35H,16H2,1-3H3. The number of amides is 1. The van der Waals surface area contributed by atoms with Gasteiger partial charge in [0.25, 0.3) is 11.5 Å². The molecule has 3 aromatic carbocycles. The van der Waals surface area contributed by atoms with Gasteiger partial charge in [0.1, 0.15) is 23.0 Å². The fraction of sp³-hybridized carbons (Fsp3) is 0.161. The van der Waals surface area contributed by atoms with Crippen LogP contribution in [-0.4, -0.2) is 39.8 Å². The van der Waals surface area contributed by atoms with Gasteiger partial charge in [0.15, 0.2) is 5.13 Å². The van der Waals surface area contributed by atoms with Gasteiger partial charge >= 0.3 is 11.9 Å². The number of carbonyl (C=O) groups excluding carboxylic acids is 3. The number of thiazole rings is 1. The second kappa shape index (κ2) is 11.9. The van der Waals surface area contributed by atoms with E-state index in [1.54, 1.807) is 31.2 Å². The van der Waals surface area contributed by atoms with Crippen molar-refractivity contribution >= 4 is 45.6 Å². The normalized spacial score (nSPS) is 15.9. The van der Waals surface area contributed by atoms with E-state index in [1.807, 2.05) is 31.2 Å². The molecule has 1 amide bonds. The van der Waals surface area contributed by atoms with Crippen molar-refractivity contribution in [2.75, 3.05) is 12.0 Å². The average Bonchev–Trinajstić information content (AvgIpc) is 3.51. The van der Waals surface area contributed by atoms with Crippen LogP contribution in [0.25, 0.3) is 5.76 Å². The van der Waals surface area contributed by atoms with Gasteiger partial charge in [-0.3, -0.25) is 24.6 Å². The zero-order chi connectivity index (χ0) is 30.8. The molecule has 0 aliphatic carbocycles. The van der Waals surface area contributed by atoms with E-state index in [4.69, 9.17) is 9.47 Å². The molecule has 12 heteroatoms. The number of hydrogen-bond donors (Lipinski definition) is 1. The number of carbonyl (C=O) groups is 3. The summed E-state index contributed by atoms with van der Waals surface area (Å²) in [5.74, 6) is -2.54. The van der Waals surface area contributed by atoms with Crippen LogP contribution in [0.15, 0.2) is 78.4 Å². The Balaban J connectivity index is 1.54. The Kier molecular flexibility index (Phi) is 8.04. The summed E-state index contributed by atoms with van der Waals surface area (Å²) in [5, 5.41) is 22.7. The van der Waals surface area contributed by atoms with E-state index in [9.17, 15) is 29.6 Å². The number of ether oxygens (including phenoxy) is 2. The number of rotatable bonds is 8. The van der Waals surface area contributed by atoms with Gasteiger partial charge in [0.2, 0.25) is 0 Å². The monoisotopic (exact) mass is 599 g/mol. The first kappa shape index (κ1) is 29.1. The largest absolute Gasteiger partial charge is 0.507 e. The first-order chi connectivity index (χ1) is 20.6. The van der Waals surface area contributed by atoms with Crippen LogP contribution in [-0.2, 0) is 20.9 Å². The number of anilines is 1. The van der Waals surface area contributed by atoms with Crippen LogP contribution in [0.5, 0.6) is 5.75 Å². The molecule has 2 heterocycles. The van der Waals surface area contributed by atoms with Gasteiger partial charge in [0, 0.05) is 17.7 Å². The lowest BCUT2D eigenvalue weighted by Gasteiger charge is -2.23. The van der Waals surface area contributed by atoms with Crippen molar-refractivity contribution in [1.29, 1.82) is 0 Å². The van der Waals surface area contributed by atoms with E-state index in [2.05, 4.69) is 4.98 Å². The Bertz CT molecular complexity index is 1780. The molecule has 1 atom stereocenters. The first-order valence-electron chi connectivity index (χ1n) is 13.0. The molecular formula is C31H25N3O8S. The van der Waals surface area contributed by atoms with E-state index < -0.39 is 34.4 Å². The molecule has 1 aliphatic heterocycles. The number of aliphatic hydroxyl groups is 1. The number of aromatic nitrogens is 1. The van der Waals surface area contributed by atoms with Crippen molar-refractivity contribution in [2.24, 2.45) is 0 Å². The number of benzene rings is 3. The highest BCUT2D eigenvalue weighted by atomic mass is 32.1. The van der Waals surface area contributed by atoms with Crippen LogP contribution in [0.4, 0.5) is 10.8 Å². The predicted octanol–water partition coefficient (Wildman–Crippen LogP) is 5.66. The molecule has 218 valence electrons. The van der Waals surface area contributed by atoms with Gasteiger partial charge in [-0.2, -0.15) is 0 Å². The summed E-state index contributed by atoms with van der Waals surface area (Å²) in [4.78, 5) is 55.4. The van der Waals surface area contributed by atoms with E-state index in [-0.39, 0.29) is 32.5 Å².